The van der Waals surface area contributed by atoms with Gasteiger partial charge in [-0.3, -0.25) is 9.52 Å². The zero-order chi connectivity index (χ0) is 22.7. The maximum Gasteiger partial charge on any atom is 0.261 e. The van der Waals surface area contributed by atoms with E-state index in [9.17, 15) is 17.6 Å². The monoisotopic (exact) mass is 474 g/mol. The molecule has 3 aromatic rings. The summed E-state index contributed by atoms with van der Waals surface area (Å²) in [6.07, 6.45) is 2.63. The van der Waals surface area contributed by atoms with E-state index in [1.54, 1.807) is 41.8 Å². The number of amides is 1. The SMILES string of the molecule is Cc1cc(S(=O)(=O)Nc2ccc(C(=O)N3CCCN(c4nccs4)CC3)cc2)ccc1F. The van der Waals surface area contributed by atoms with E-state index in [0.29, 0.717) is 30.9 Å². The van der Waals surface area contributed by atoms with Crippen molar-refractivity contribution in [2.24, 2.45) is 0 Å². The van der Waals surface area contributed by atoms with Gasteiger partial charge >= 0.3 is 0 Å². The van der Waals surface area contributed by atoms with Gasteiger partial charge in [0.2, 0.25) is 0 Å². The first-order chi connectivity index (χ1) is 15.3. The Balaban J connectivity index is 1.41. The Hall–Kier alpha value is -2.98. The number of hydrogen-bond donors (Lipinski definition) is 1. The third-order valence-corrected chi connectivity index (χ3v) is 7.51. The molecular formula is C22H23FN4O3S2. The molecule has 168 valence electrons. The summed E-state index contributed by atoms with van der Waals surface area (Å²) in [6, 6.07) is 9.96. The van der Waals surface area contributed by atoms with Crippen LogP contribution in [0.15, 0.2) is 58.9 Å². The number of carbonyl (C=O) groups excluding carboxylic acids is 1. The third kappa shape index (κ3) is 4.91. The highest BCUT2D eigenvalue weighted by Gasteiger charge is 2.22. The molecule has 1 amide bonds. The number of thiazole rings is 1. The van der Waals surface area contributed by atoms with Crippen LogP contribution in [-0.4, -0.2) is 50.4 Å². The number of aromatic nitrogens is 1. The molecule has 0 spiro atoms. The first-order valence-corrected chi connectivity index (χ1v) is 12.5. The molecule has 1 aliphatic rings. The molecule has 0 radical (unpaired) electrons. The fourth-order valence-electron chi connectivity index (χ4n) is 3.55. The zero-order valence-electron chi connectivity index (χ0n) is 17.5. The molecule has 0 unspecified atom stereocenters. The molecule has 2 aromatic carbocycles. The highest BCUT2D eigenvalue weighted by Crippen LogP contribution is 2.21. The van der Waals surface area contributed by atoms with Crippen molar-refractivity contribution in [3.63, 3.8) is 0 Å². The molecule has 1 N–H and O–H groups in total. The Morgan fingerprint density at radius 2 is 1.88 bits per heavy atom. The van der Waals surface area contributed by atoms with E-state index in [2.05, 4.69) is 14.6 Å². The number of sulfonamides is 1. The van der Waals surface area contributed by atoms with Crippen LogP contribution in [0.3, 0.4) is 0 Å². The first kappa shape index (κ1) is 22.2. The number of aryl methyl sites for hydroxylation is 1. The zero-order valence-corrected chi connectivity index (χ0v) is 19.1. The molecule has 32 heavy (non-hydrogen) atoms. The quantitative estimate of drug-likeness (QED) is 0.609. The van der Waals surface area contributed by atoms with Gasteiger partial charge in [0.1, 0.15) is 5.82 Å². The van der Waals surface area contributed by atoms with Gasteiger partial charge in [0.25, 0.3) is 15.9 Å². The number of rotatable bonds is 5. The smallest absolute Gasteiger partial charge is 0.261 e. The van der Waals surface area contributed by atoms with E-state index in [-0.39, 0.29) is 16.4 Å². The summed E-state index contributed by atoms with van der Waals surface area (Å²) in [4.78, 5) is 21.3. The van der Waals surface area contributed by atoms with Crippen LogP contribution in [0, 0.1) is 12.7 Å². The van der Waals surface area contributed by atoms with Crippen molar-refractivity contribution in [2.75, 3.05) is 35.8 Å². The van der Waals surface area contributed by atoms with Gasteiger partial charge in [0, 0.05) is 49.0 Å². The Labute approximate surface area is 190 Å². The minimum absolute atomic E-state index is 0.0223. The number of benzene rings is 2. The molecule has 0 atom stereocenters. The Morgan fingerprint density at radius 3 is 2.56 bits per heavy atom. The molecule has 0 saturated carbocycles. The molecule has 1 fully saturated rings. The van der Waals surface area contributed by atoms with Gasteiger partial charge in [0.05, 0.1) is 4.90 Å². The van der Waals surface area contributed by atoms with Crippen molar-refractivity contribution in [3.05, 3.63) is 71.0 Å². The molecule has 2 heterocycles. The van der Waals surface area contributed by atoms with E-state index in [1.165, 1.54) is 19.1 Å². The van der Waals surface area contributed by atoms with Crippen molar-refractivity contribution in [1.29, 1.82) is 0 Å². The lowest BCUT2D eigenvalue weighted by atomic mass is 10.2. The van der Waals surface area contributed by atoms with E-state index in [4.69, 9.17) is 0 Å². The predicted octanol–water partition coefficient (Wildman–Crippen LogP) is 3.74. The van der Waals surface area contributed by atoms with E-state index < -0.39 is 15.8 Å². The second kappa shape index (κ2) is 9.25. The van der Waals surface area contributed by atoms with E-state index in [0.717, 1.165) is 24.2 Å². The van der Waals surface area contributed by atoms with E-state index >= 15 is 0 Å². The highest BCUT2D eigenvalue weighted by molar-refractivity contribution is 7.92. The molecule has 1 aromatic heterocycles. The lowest BCUT2D eigenvalue weighted by Gasteiger charge is -2.22. The fourth-order valence-corrected chi connectivity index (χ4v) is 5.39. The summed E-state index contributed by atoms with van der Waals surface area (Å²) in [5.41, 5.74) is 1.07. The van der Waals surface area contributed by atoms with Crippen LogP contribution in [0.25, 0.3) is 0 Å². The minimum Gasteiger partial charge on any atom is -0.346 e. The van der Waals surface area contributed by atoms with Gasteiger partial charge in [-0.2, -0.15) is 0 Å². The lowest BCUT2D eigenvalue weighted by molar-refractivity contribution is 0.0767. The van der Waals surface area contributed by atoms with Gasteiger partial charge in [-0.1, -0.05) is 0 Å². The third-order valence-electron chi connectivity index (χ3n) is 5.30. The molecule has 1 aliphatic heterocycles. The number of carbonyl (C=O) groups is 1. The highest BCUT2D eigenvalue weighted by atomic mass is 32.2. The number of hydrogen-bond acceptors (Lipinski definition) is 6. The molecule has 4 rings (SSSR count). The summed E-state index contributed by atoms with van der Waals surface area (Å²) in [5, 5.41) is 2.91. The molecule has 0 aliphatic carbocycles. The second-order valence-corrected chi connectivity index (χ2v) is 10.1. The molecular weight excluding hydrogens is 451 g/mol. The van der Waals surface area contributed by atoms with E-state index in [1.807, 2.05) is 10.3 Å². The topological polar surface area (TPSA) is 82.6 Å². The van der Waals surface area contributed by atoms with Gasteiger partial charge in [-0.05, 0) is 61.4 Å². The van der Waals surface area contributed by atoms with Gasteiger partial charge in [-0.15, -0.1) is 11.3 Å². The lowest BCUT2D eigenvalue weighted by Crippen LogP contribution is -2.35. The first-order valence-electron chi connectivity index (χ1n) is 10.2. The molecule has 10 heteroatoms. The standard InChI is InChI=1S/C22H23FN4O3S2/c1-16-15-19(7-8-20(16)23)32(29,30)25-18-5-3-17(4-6-18)21(28)26-10-2-11-27(13-12-26)22-24-9-14-31-22/h3-9,14-15,25H,2,10-13H2,1H3. The van der Waals surface area contributed by atoms with Crippen molar-refractivity contribution >= 4 is 38.1 Å². The van der Waals surface area contributed by atoms with Crippen LogP contribution in [0.4, 0.5) is 15.2 Å². The minimum atomic E-state index is -3.86. The summed E-state index contributed by atoms with van der Waals surface area (Å²) in [7, 11) is -3.86. The largest absolute Gasteiger partial charge is 0.346 e. The van der Waals surface area contributed by atoms with Crippen molar-refractivity contribution in [1.82, 2.24) is 9.88 Å². The second-order valence-electron chi connectivity index (χ2n) is 7.54. The molecule has 1 saturated heterocycles. The average molecular weight is 475 g/mol. The van der Waals surface area contributed by atoms with Gasteiger partial charge in [0.15, 0.2) is 5.13 Å². The van der Waals surface area contributed by atoms with Crippen molar-refractivity contribution < 1.29 is 17.6 Å². The summed E-state index contributed by atoms with van der Waals surface area (Å²) in [6.45, 7) is 4.32. The van der Waals surface area contributed by atoms with Crippen LogP contribution < -0.4 is 9.62 Å². The maximum absolute atomic E-state index is 13.4. The summed E-state index contributed by atoms with van der Waals surface area (Å²) in [5.74, 6) is -0.551. The summed E-state index contributed by atoms with van der Waals surface area (Å²) >= 11 is 1.59. The summed E-state index contributed by atoms with van der Waals surface area (Å²) < 4.78 is 41.1. The van der Waals surface area contributed by atoms with Gasteiger partial charge < -0.3 is 9.80 Å². The van der Waals surface area contributed by atoms with Crippen LogP contribution in [0.2, 0.25) is 0 Å². The van der Waals surface area contributed by atoms with Crippen molar-refractivity contribution in [2.45, 2.75) is 18.2 Å². The number of nitrogens with one attached hydrogen (secondary N) is 1. The fraction of sp³-hybridized carbons (Fsp3) is 0.273. The average Bonchev–Trinajstić information content (AvgIpc) is 3.20. The Kier molecular flexibility index (Phi) is 6.43. The number of halogens is 1. The number of nitrogens with zero attached hydrogens (tertiary/aromatic N) is 3. The van der Waals surface area contributed by atoms with Crippen LogP contribution >= 0.6 is 11.3 Å². The molecule has 0 bridgehead atoms. The maximum atomic E-state index is 13.4. The predicted molar refractivity (Wildman–Crippen MR) is 123 cm³/mol. The number of anilines is 2. The van der Waals surface area contributed by atoms with Crippen LogP contribution in [0.1, 0.15) is 22.3 Å². The van der Waals surface area contributed by atoms with Gasteiger partial charge in [-0.25, -0.2) is 17.8 Å². The van der Waals surface area contributed by atoms with Crippen LogP contribution in [0.5, 0.6) is 0 Å². The normalized spacial score (nSPS) is 14.8. The van der Waals surface area contributed by atoms with Crippen molar-refractivity contribution in [3.8, 4) is 0 Å². The van der Waals surface area contributed by atoms with Crippen LogP contribution in [-0.2, 0) is 10.0 Å². The molecule has 7 nitrogen and oxygen atoms in total. The Bertz CT molecular complexity index is 1200. The Morgan fingerprint density at radius 1 is 1.09 bits per heavy atom.